The minimum Gasteiger partial charge on any atom is -0.305 e. The first-order valence-corrected chi connectivity index (χ1v) is 6.68. The molecule has 0 aromatic heterocycles. The quantitative estimate of drug-likeness (QED) is 0.607. The third kappa shape index (κ3) is 2.80. The molecule has 2 aliphatic rings. The number of nitrogens with zero attached hydrogens (tertiary/aromatic N) is 1. The highest BCUT2D eigenvalue weighted by molar-refractivity contribution is 6.05. The number of allylic oxidation sites excluding steroid dienone is 2. The van der Waals surface area contributed by atoms with E-state index < -0.39 is 0 Å². The van der Waals surface area contributed by atoms with Crippen molar-refractivity contribution in [3.63, 3.8) is 0 Å². The second-order valence-corrected chi connectivity index (χ2v) is 5.75. The lowest BCUT2D eigenvalue weighted by atomic mass is 9.83. The third-order valence-corrected chi connectivity index (χ3v) is 3.92. The van der Waals surface area contributed by atoms with Crippen LogP contribution in [0.1, 0.15) is 33.1 Å². The lowest BCUT2D eigenvalue weighted by molar-refractivity contribution is -0.137. The standard InChI is InChI=1S/C14H22N2O2/c1-9-4-10(2)6-11(5-9)8-15-12-7-13(17)16(3)14(12)18/h4,9,11-12,15H,5-8H2,1-3H3. The summed E-state index contributed by atoms with van der Waals surface area (Å²) < 4.78 is 0. The van der Waals surface area contributed by atoms with Gasteiger partial charge in [-0.2, -0.15) is 0 Å². The number of carbonyl (C=O) groups is 2. The first kappa shape index (κ1) is 13.3. The molecule has 2 amide bonds. The number of rotatable bonds is 3. The number of nitrogens with one attached hydrogen (secondary N) is 1. The van der Waals surface area contributed by atoms with Crippen molar-refractivity contribution >= 4 is 11.8 Å². The van der Waals surface area contributed by atoms with Crippen LogP contribution in [-0.4, -0.2) is 36.3 Å². The van der Waals surface area contributed by atoms with E-state index in [1.165, 1.54) is 10.5 Å². The highest BCUT2D eigenvalue weighted by Gasteiger charge is 2.36. The Labute approximate surface area is 108 Å². The van der Waals surface area contributed by atoms with Gasteiger partial charge in [0.15, 0.2) is 0 Å². The van der Waals surface area contributed by atoms with Crippen LogP contribution in [-0.2, 0) is 9.59 Å². The molecule has 100 valence electrons. The van der Waals surface area contributed by atoms with Crippen LogP contribution in [0.25, 0.3) is 0 Å². The molecule has 3 atom stereocenters. The Kier molecular flexibility index (Phi) is 3.85. The largest absolute Gasteiger partial charge is 0.305 e. The second kappa shape index (κ2) is 5.22. The first-order chi connectivity index (χ1) is 8.47. The molecule has 1 heterocycles. The van der Waals surface area contributed by atoms with Crippen molar-refractivity contribution in [3.8, 4) is 0 Å². The number of carbonyl (C=O) groups excluding carboxylic acids is 2. The molecule has 1 fully saturated rings. The highest BCUT2D eigenvalue weighted by Crippen LogP contribution is 2.27. The number of likely N-dealkylation sites (N-methyl/N-ethyl adjacent to an activating group) is 1. The van der Waals surface area contributed by atoms with Gasteiger partial charge in [-0.3, -0.25) is 14.5 Å². The van der Waals surface area contributed by atoms with E-state index in [2.05, 4.69) is 25.2 Å². The van der Waals surface area contributed by atoms with E-state index in [-0.39, 0.29) is 17.9 Å². The van der Waals surface area contributed by atoms with Crippen molar-refractivity contribution in [1.82, 2.24) is 10.2 Å². The summed E-state index contributed by atoms with van der Waals surface area (Å²) in [6, 6.07) is -0.302. The lowest BCUT2D eigenvalue weighted by Gasteiger charge is -2.26. The van der Waals surface area contributed by atoms with E-state index in [0.717, 1.165) is 19.4 Å². The van der Waals surface area contributed by atoms with Gasteiger partial charge in [-0.25, -0.2) is 0 Å². The zero-order chi connectivity index (χ0) is 13.3. The predicted octanol–water partition coefficient (Wildman–Crippen LogP) is 1.33. The topological polar surface area (TPSA) is 49.4 Å². The molecule has 1 N–H and O–H groups in total. The van der Waals surface area contributed by atoms with Crippen molar-refractivity contribution in [1.29, 1.82) is 0 Å². The Balaban J connectivity index is 1.84. The summed E-state index contributed by atoms with van der Waals surface area (Å²) in [6.45, 7) is 5.22. The summed E-state index contributed by atoms with van der Waals surface area (Å²) in [7, 11) is 1.56. The predicted molar refractivity (Wildman–Crippen MR) is 69.8 cm³/mol. The molecule has 4 nitrogen and oxygen atoms in total. The van der Waals surface area contributed by atoms with Gasteiger partial charge in [-0.15, -0.1) is 0 Å². The molecular formula is C14H22N2O2. The Bertz CT molecular complexity index is 389. The smallest absolute Gasteiger partial charge is 0.246 e. The van der Waals surface area contributed by atoms with Crippen LogP contribution in [0, 0.1) is 11.8 Å². The zero-order valence-corrected chi connectivity index (χ0v) is 11.4. The molecule has 2 rings (SSSR count). The van der Waals surface area contributed by atoms with Gasteiger partial charge in [0.25, 0.3) is 0 Å². The maximum absolute atomic E-state index is 11.7. The van der Waals surface area contributed by atoms with E-state index in [9.17, 15) is 9.59 Å². The summed E-state index contributed by atoms with van der Waals surface area (Å²) in [6.07, 6.45) is 4.90. The average Bonchev–Trinajstić information content (AvgIpc) is 2.53. The Hall–Kier alpha value is -1.16. The van der Waals surface area contributed by atoms with E-state index in [4.69, 9.17) is 0 Å². The summed E-state index contributed by atoms with van der Waals surface area (Å²) in [5.41, 5.74) is 1.44. The number of hydrogen-bond acceptors (Lipinski definition) is 3. The van der Waals surface area contributed by atoms with Crippen LogP contribution in [0.5, 0.6) is 0 Å². The van der Waals surface area contributed by atoms with Crippen LogP contribution >= 0.6 is 0 Å². The SMILES string of the molecule is CC1=CC(C)CC(CNC2CC(=O)N(C)C2=O)C1. The van der Waals surface area contributed by atoms with E-state index in [0.29, 0.717) is 18.3 Å². The highest BCUT2D eigenvalue weighted by atomic mass is 16.2. The Morgan fingerprint density at radius 1 is 1.39 bits per heavy atom. The molecule has 0 radical (unpaired) electrons. The van der Waals surface area contributed by atoms with Gasteiger partial charge in [0.2, 0.25) is 11.8 Å². The fourth-order valence-corrected chi connectivity index (χ4v) is 3.07. The van der Waals surface area contributed by atoms with Gasteiger partial charge in [-0.05, 0) is 38.1 Å². The lowest BCUT2D eigenvalue weighted by Crippen LogP contribution is -2.40. The summed E-state index contributed by atoms with van der Waals surface area (Å²) >= 11 is 0. The minimum atomic E-state index is -0.302. The van der Waals surface area contributed by atoms with Crippen molar-refractivity contribution in [2.24, 2.45) is 11.8 Å². The normalized spacial score (nSPS) is 32.9. The fraction of sp³-hybridized carbons (Fsp3) is 0.714. The third-order valence-electron chi connectivity index (χ3n) is 3.92. The van der Waals surface area contributed by atoms with Gasteiger partial charge < -0.3 is 5.32 Å². The maximum Gasteiger partial charge on any atom is 0.246 e. The molecule has 3 unspecified atom stereocenters. The van der Waals surface area contributed by atoms with Gasteiger partial charge in [0.05, 0.1) is 12.5 Å². The molecule has 0 bridgehead atoms. The average molecular weight is 250 g/mol. The maximum atomic E-state index is 11.7. The summed E-state index contributed by atoms with van der Waals surface area (Å²) in [4.78, 5) is 24.4. The second-order valence-electron chi connectivity index (χ2n) is 5.75. The molecule has 1 aliphatic heterocycles. The van der Waals surface area contributed by atoms with Gasteiger partial charge in [0, 0.05) is 7.05 Å². The van der Waals surface area contributed by atoms with E-state index >= 15 is 0 Å². The molecule has 0 saturated carbocycles. The van der Waals surface area contributed by atoms with Crippen molar-refractivity contribution in [2.45, 2.75) is 39.2 Å². The van der Waals surface area contributed by atoms with Crippen molar-refractivity contribution in [2.75, 3.05) is 13.6 Å². The minimum absolute atomic E-state index is 0.0782. The Morgan fingerprint density at radius 2 is 2.11 bits per heavy atom. The fourth-order valence-electron chi connectivity index (χ4n) is 3.07. The van der Waals surface area contributed by atoms with Crippen LogP contribution in [0.4, 0.5) is 0 Å². The van der Waals surface area contributed by atoms with Crippen LogP contribution in [0.2, 0.25) is 0 Å². The van der Waals surface area contributed by atoms with Crippen LogP contribution < -0.4 is 5.32 Å². The first-order valence-electron chi connectivity index (χ1n) is 6.68. The molecule has 0 spiro atoms. The van der Waals surface area contributed by atoms with Crippen molar-refractivity contribution < 1.29 is 9.59 Å². The summed E-state index contributed by atoms with van der Waals surface area (Å²) in [5.74, 6) is 1.04. The number of amides is 2. The molecule has 1 aliphatic carbocycles. The molecule has 4 heteroatoms. The van der Waals surface area contributed by atoms with Crippen molar-refractivity contribution in [3.05, 3.63) is 11.6 Å². The van der Waals surface area contributed by atoms with Crippen LogP contribution in [0.3, 0.4) is 0 Å². The molecule has 0 aromatic rings. The molecular weight excluding hydrogens is 228 g/mol. The monoisotopic (exact) mass is 250 g/mol. The number of likely N-dealkylation sites (tertiary alicyclic amines) is 1. The van der Waals surface area contributed by atoms with Gasteiger partial charge in [-0.1, -0.05) is 18.6 Å². The molecule has 0 aromatic carbocycles. The van der Waals surface area contributed by atoms with E-state index in [1.807, 2.05) is 0 Å². The zero-order valence-electron chi connectivity index (χ0n) is 11.4. The number of imide groups is 1. The van der Waals surface area contributed by atoms with Gasteiger partial charge in [0.1, 0.15) is 0 Å². The Morgan fingerprint density at radius 3 is 2.67 bits per heavy atom. The van der Waals surface area contributed by atoms with Crippen LogP contribution in [0.15, 0.2) is 11.6 Å². The van der Waals surface area contributed by atoms with Gasteiger partial charge >= 0.3 is 0 Å². The molecule has 18 heavy (non-hydrogen) atoms. The van der Waals surface area contributed by atoms with E-state index in [1.54, 1.807) is 7.05 Å². The molecule has 1 saturated heterocycles. The summed E-state index contributed by atoms with van der Waals surface area (Å²) in [5, 5.41) is 3.26. The number of hydrogen-bond donors (Lipinski definition) is 1.